The molecule has 0 spiro atoms. The Morgan fingerprint density at radius 3 is 2.45 bits per heavy atom. The largest absolute Gasteiger partial charge is 0.465 e. The van der Waals surface area contributed by atoms with Gasteiger partial charge in [0.05, 0.1) is 16.1 Å². The van der Waals surface area contributed by atoms with E-state index < -0.39 is 6.09 Å². The van der Waals surface area contributed by atoms with Gasteiger partial charge in [-0.05, 0) is 30.5 Å². The molecule has 0 unspecified atom stereocenters. The lowest BCUT2D eigenvalue weighted by atomic mass is 9.89. The second kappa shape index (κ2) is 10.2. The minimum absolute atomic E-state index is 0.0234. The quantitative estimate of drug-likeness (QED) is 0.691. The van der Waals surface area contributed by atoms with Crippen LogP contribution in [0.4, 0.5) is 4.79 Å². The second-order valence-corrected chi connectivity index (χ2v) is 8.77. The summed E-state index contributed by atoms with van der Waals surface area (Å²) < 4.78 is 0. The van der Waals surface area contributed by atoms with Gasteiger partial charge in [-0.2, -0.15) is 5.26 Å². The summed E-state index contributed by atoms with van der Waals surface area (Å²) in [5, 5.41) is 21.0. The van der Waals surface area contributed by atoms with Crippen molar-refractivity contribution in [1.29, 1.82) is 5.26 Å². The second-order valence-electron chi connectivity index (χ2n) is 7.96. The maximum Gasteiger partial charge on any atom is 0.404 e. The lowest BCUT2D eigenvalue weighted by Crippen LogP contribution is -2.44. The zero-order valence-corrected chi connectivity index (χ0v) is 18.4. The molecule has 1 aromatic rings. The van der Waals surface area contributed by atoms with Gasteiger partial charge in [-0.15, -0.1) is 0 Å². The molecule has 2 aliphatic rings. The minimum Gasteiger partial charge on any atom is -0.465 e. The summed E-state index contributed by atoms with van der Waals surface area (Å²) in [6.07, 6.45) is -0.134. The van der Waals surface area contributed by atoms with E-state index in [1.54, 1.807) is 21.9 Å². The number of halogens is 2. The highest BCUT2D eigenvalue weighted by atomic mass is 35.5. The highest BCUT2D eigenvalue weighted by molar-refractivity contribution is 6.42. The van der Waals surface area contributed by atoms with E-state index in [1.165, 1.54) is 0 Å². The first-order valence-corrected chi connectivity index (χ1v) is 10.9. The van der Waals surface area contributed by atoms with E-state index in [1.807, 2.05) is 12.1 Å². The molecule has 0 bridgehead atoms. The van der Waals surface area contributed by atoms with Crippen molar-refractivity contribution >= 4 is 41.1 Å². The maximum atomic E-state index is 13.2. The molecule has 2 saturated heterocycles. The fourth-order valence-corrected chi connectivity index (χ4v) is 4.72. The third kappa shape index (κ3) is 5.60. The van der Waals surface area contributed by atoms with Crippen molar-refractivity contribution in [3.8, 4) is 6.07 Å². The van der Waals surface area contributed by atoms with Gasteiger partial charge in [-0.1, -0.05) is 29.3 Å². The fourth-order valence-electron chi connectivity index (χ4n) is 4.41. The zero-order chi connectivity index (χ0) is 22.5. The molecule has 2 fully saturated rings. The van der Waals surface area contributed by atoms with Gasteiger partial charge in [0.25, 0.3) is 0 Å². The Labute approximate surface area is 190 Å². The summed E-state index contributed by atoms with van der Waals surface area (Å²) in [6.45, 7) is 2.06. The standard InChI is InChI=1S/C21H24Cl2N4O4/c22-17-2-1-14(9-18(17)23)16-12-27(11-15(16)10-25-21(30)31)20(29)13-4-7-26(8-5-13)19(28)3-6-24/h1-2,9,13,15-16,25H,3-5,7-8,10-12H2,(H,30,31)/t15-,16-/m0/s1. The van der Waals surface area contributed by atoms with Crippen LogP contribution in [-0.2, 0) is 9.59 Å². The molecular weight excluding hydrogens is 443 g/mol. The van der Waals surface area contributed by atoms with Gasteiger partial charge >= 0.3 is 6.09 Å². The Kier molecular flexibility index (Phi) is 7.63. The Hall–Kier alpha value is -2.50. The molecular formula is C21H24Cl2N4O4. The average Bonchev–Trinajstić information content (AvgIpc) is 3.18. The number of nitriles is 1. The molecule has 0 saturated carbocycles. The maximum absolute atomic E-state index is 13.2. The Morgan fingerprint density at radius 2 is 1.84 bits per heavy atom. The molecule has 10 heteroatoms. The van der Waals surface area contributed by atoms with E-state index in [0.29, 0.717) is 49.1 Å². The van der Waals surface area contributed by atoms with Crippen LogP contribution in [0, 0.1) is 23.2 Å². The van der Waals surface area contributed by atoms with E-state index in [2.05, 4.69) is 5.32 Å². The number of benzene rings is 1. The summed E-state index contributed by atoms with van der Waals surface area (Å²) in [4.78, 5) is 39.5. The lowest BCUT2D eigenvalue weighted by molar-refractivity contribution is -0.139. The predicted molar refractivity (Wildman–Crippen MR) is 115 cm³/mol. The number of hydrogen-bond acceptors (Lipinski definition) is 4. The highest BCUT2D eigenvalue weighted by Gasteiger charge is 2.39. The van der Waals surface area contributed by atoms with Crippen LogP contribution in [0.15, 0.2) is 18.2 Å². The van der Waals surface area contributed by atoms with Crippen molar-refractivity contribution in [3.63, 3.8) is 0 Å². The number of hydrogen-bond donors (Lipinski definition) is 2. The fraction of sp³-hybridized carbons (Fsp3) is 0.524. The van der Waals surface area contributed by atoms with Gasteiger partial charge in [-0.3, -0.25) is 9.59 Å². The molecule has 2 atom stereocenters. The number of carbonyl (C=O) groups excluding carboxylic acids is 2. The molecule has 3 rings (SSSR count). The van der Waals surface area contributed by atoms with Crippen LogP contribution in [0.25, 0.3) is 0 Å². The molecule has 0 radical (unpaired) electrons. The van der Waals surface area contributed by atoms with Crippen LogP contribution in [0.3, 0.4) is 0 Å². The van der Waals surface area contributed by atoms with Crippen molar-refractivity contribution in [2.24, 2.45) is 11.8 Å². The first-order valence-electron chi connectivity index (χ1n) is 10.2. The number of amides is 3. The van der Waals surface area contributed by atoms with E-state index >= 15 is 0 Å². The number of nitrogens with zero attached hydrogens (tertiary/aromatic N) is 3. The van der Waals surface area contributed by atoms with E-state index in [-0.39, 0.29) is 42.5 Å². The topological polar surface area (TPSA) is 114 Å². The summed E-state index contributed by atoms with van der Waals surface area (Å²) in [5.74, 6) is -0.520. The smallest absolute Gasteiger partial charge is 0.404 e. The molecule has 1 aromatic carbocycles. The van der Waals surface area contributed by atoms with E-state index in [0.717, 1.165) is 5.56 Å². The Balaban J connectivity index is 1.68. The normalized spacial score (nSPS) is 21.6. The summed E-state index contributed by atoms with van der Waals surface area (Å²) in [7, 11) is 0. The van der Waals surface area contributed by atoms with Crippen LogP contribution < -0.4 is 5.32 Å². The van der Waals surface area contributed by atoms with Crippen molar-refractivity contribution in [2.45, 2.75) is 25.2 Å². The van der Waals surface area contributed by atoms with Gasteiger partial charge in [0.1, 0.15) is 6.42 Å². The summed E-state index contributed by atoms with van der Waals surface area (Å²) in [6, 6.07) is 7.21. The van der Waals surface area contributed by atoms with Gasteiger partial charge in [0.2, 0.25) is 11.8 Å². The van der Waals surface area contributed by atoms with Gasteiger partial charge in [0.15, 0.2) is 0 Å². The summed E-state index contributed by atoms with van der Waals surface area (Å²) in [5.41, 5.74) is 0.916. The molecule has 166 valence electrons. The van der Waals surface area contributed by atoms with Gasteiger partial charge in [0, 0.05) is 50.5 Å². The van der Waals surface area contributed by atoms with Crippen LogP contribution in [0.1, 0.15) is 30.7 Å². The van der Waals surface area contributed by atoms with Crippen molar-refractivity contribution in [2.75, 3.05) is 32.7 Å². The Bertz CT molecular complexity index is 896. The minimum atomic E-state index is -1.10. The highest BCUT2D eigenvalue weighted by Crippen LogP contribution is 2.36. The number of piperidine rings is 1. The third-order valence-corrected chi connectivity index (χ3v) is 6.81. The Morgan fingerprint density at radius 1 is 1.13 bits per heavy atom. The average molecular weight is 467 g/mol. The number of likely N-dealkylation sites (tertiary alicyclic amines) is 2. The molecule has 3 amide bonds. The van der Waals surface area contributed by atoms with Crippen molar-refractivity contribution in [1.82, 2.24) is 15.1 Å². The van der Waals surface area contributed by atoms with Crippen LogP contribution in [0.2, 0.25) is 10.0 Å². The van der Waals surface area contributed by atoms with E-state index in [9.17, 15) is 14.4 Å². The number of carboxylic acid groups (broad SMARTS) is 1. The third-order valence-electron chi connectivity index (χ3n) is 6.07. The van der Waals surface area contributed by atoms with Gasteiger partial charge < -0.3 is 20.2 Å². The monoisotopic (exact) mass is 466 g/mol. The molecule has 31 heavy (non-hydrogen) atoms. The van der Waals surface area contributed by atoms with Crippen molar-refractivity contribution < 1.29 is 19.5 Å². The van der Waals surface area contributed by atoms with Gasteiger partial charge in [-0.25, -0.2) is 4.79 Å². The SMILES string of the molecule is N#CCC(=O)N1CCC(C(=O)N2C[C@H](CNC(=O)O)[C@H](c3ccc(Cl)c(Cl)c3)C2)CC1. The number of carbonyl (C=O) groups is 3. The lowest BCUT2D eigenvalue weighted by Gasteiger charge is -2.33. The summed E-state index contributed by atoms with van der Waals surface area (Å²) >= 11 is 12.2. The zero-order valence-electron chi connectivity index (χ0n) is 16.9. The van der Waals surface area contributed by atoms with Crippen molar-refractivity contribution in [3.05, 3.63) is 33.8 Å². The number of rotatable bonds is 5. The predicted octanol–water partition coefficient (Wildman–Crippen LogP) is 2.96. The van der Waals surface area contributed by atoms with Crippen LogP contribution in [0.5, 0.6) is 0 Å². The van der Waals surface area contributed by atoms with Crippen LogP contribution in [-0.4, -0.2) is 65.5 Å². The first kappa shape index (κ1) is 23.2. The molecule has 8 nitrogen and oxygen atoms in total. The molecule has 0 aromatic heterocycles. The number of nitrogens with one attached hydrogen (secondary N) is 1. The van der Waals surface area contributed by atoms with E-state index in [4.69, 9.17) is 33.6 Å². The molecule has 2 heterocycles. The molecule has 0 aliphatic carbocycles. The molecule has 2 aliphatic heterocycles. The van der Waals surface area contributed by atoms with Crippen LogP contribution >= 0.6 is 23.2 Å². The molecule has 2 N–H and O–H groups in total. The first-order chi connectivity index (χ1) is 14.8.